The molecule has 2 atom stereocenters. The van der Waals surface area contributed by atoms with E-state index in [4.69, 9.17) is 4.74 Å². The van der Waals surface area contributed by atoms with Gasteiger partial charge >= 0.3 is 0 Å². The van der Waals surface area contributed by atoms with Crippen molar-refractivity contribution in [2.24, 2.45) is 0 Å². The van der Waals surface area contributed by atoms with Crippen molar-refractivity contribution >= 4 is 31.7 Å². The summed E-state index contributed by atoms with van der Waals surface area (Å²) in [6, 6.07) is 9.59. The molecule has 0 radical (unpaired) electrons. The number of rotatable bonds is 4. The van der Waals surface area contributed by atoms with Crippen LogP contribution in [-0.4, -0.2) is 26.2 Å². The molecule has 2 unspecified atom stereocenters. The lowest BCUT2D eigenvalue weighted by molar-refractivity contribution is -0.121. The van der Waals surface area contributed by atoms with Crippen LogP contribution in [0.25, 0.3) is 0 Å². The largest absolute Gasteiger partial charge is 0.493 e. The van der Waals surface area contributed by atoms with E-state index in [-0.39, 0.29) is 10.9 Å². The molecular weight excluding hydrogens is 425 g/mol. The van der Waals surface area contributed by atoms with Crippen molar-refractivity contribution in [3.05, 3.63) is 58.3 Å². The molecule has 1 heterocycles. The topological polar surface area (TPSA) is 72.5 Å². The molecule has 0 spiro atoms. The highest BCUT2D eigenvalue weighted by molar-refractivity contribution is 9.10. The molecule has 0 bridgehead atoms. The van der Waals surface area contributed by atoms with Crippen molar-refractivity contribution < 1.29 is 22.3 Å². The molecule has 1 aliphatic rings. The van der Waals surface area contributed by atoms with E-state index in [1.807, 2.05) is 12.1 Å². The molecule has 2 aromatic carbocycles. The van der Waals surface area contributed by atoms with E-state index in [0.29, 0.717) is 18.8 Å². The lowest BCUT2D eigenvalue weighted by atomic mass is 10.0. The number of halogens is 2. The smallest absolute Gasteiger partial charge is 0.238 e. The first-order chi connectivity index (χ1) is 12.3. The number of fused-ring (bicyclic) bond motifs is 1. The van der Waals surface area contributed by atoms with Crippen LogP contribution >= 0.6 is 15.9 Å². The van der Waals surface area contributed by atoms with Gasteiger partial charge in [0.2, 0.25) is 5.91 Å². The maximum absolute atomic E-state index is 13.0. The zero-order valence-electron chi connectivity index (χ0n) is 13.9. The number of ether oxygens (including phenoxy) is 1. The van der Waals surface area contributed by atoms with Crippen molar-refractivity contribution in [3.8, 4) is 5.75 Å². The number of hydrogen-bond acceptors (Lipinski definition) is 4. The van der Waals surface area contributed by atoms with Crippen LogP contribution in [0, 0.1) is 5.82 Å². The minimum absolute atomic E-state index is 0.0864. The van der Waals surface area contributed by atoms with Crippen LogP contribution < -0.4 is 10.1 Å². The van der Waals surface area contributed by atoms with Gasteiger partial charge < -0.3 is 10.1 Å². The number of benzene rings is 2. The molecule has 0 saturated heterocycles. The average molecular weight is 442 g/mol. The zero-order chi connectivity index (χ0) is 18.9. The highest BCUT2D eigenvalue weighted by atomic mass is 79.9. The second kappa shape index (κ2) is 7.36. The second-order valence-corrected chi connectivity index (χ2v) is 9.21. The van der Waals surface area contributed by atoms with Crippen LogP contribution in [-0.2, 0) is 14.6 Å². The number of sulfone groups is 1. The van der Waals surface area contributed by atoms with E-state index in [1.54, 1.807) is 6.07 Å². The first-order valence-corrected chi connectivity index (χ1v) is 10.3. The molecule has 0 aliphatic carbocycles. The number of amides is 1. The predicted octanol–water partition coefficient (Wildman–Crippen LogP) is 3.39. The summed E-state index contributed by atoms with van der Waals surface area (Å²) in [7, 11) is -3.91. The summed E-state index contributed by atoms with van der Waals surface area (Å²) in [5.41, 5.74) is 0.797. The Labute approximate surface area is 159 Å². The van der Waals surface area contributed by atoms with Crippen LogP contribution in [0.4, 0.5) is 4.39 Å². The summed E-state index contributed by atoms with van der Waals surface area (Å²) in [6.07, 6.45) is 0.540. The molecule has 1 amide bonds. The van der Waals surface area contributed by atoms with E-state index in [1.165, 1.54) is 6.92 Å². The van der Waals surface area contributed by atoms with Crippen LogP contribution in [0.15, 0.2) is 51.8 Å². The molecule has 2 aromatic rings. The molecule has 0 aromatic heterocycles. The summed E-state index contributed by atoms with van der Waals surface area (Å²) >= 11 is 3.39. The highest BCUT2D eigenvalue weighted by Crippen LogP contribution is 2.34. The van der Waals surface area contributed by atoms with Gasteiger partial charge in [-0.1, -0.05) is 15.9 Å². The van der Waals surface area contributed by atoms with Crippen LogP contribution in [0.3, 0.4) is 0 Å². The van der Waals surface area contributed by atoms with Gasteiger partial charge in [0.25, 0.3) is 0 Å². The molecule has 0 fully saturated rings. The molecule has 138 valence electrons. The maximum Gasteiger partial charge on any atom is 0.238 e. The Morgan fingerprint density at radius 3 is 2.65 bits per heavy atom. The summed E-state index contributed by atoms with van der Waals surface area (Å²) < 4.78 is 44.7. The van der Waals surface area contributed by atoms with E-state index in [0.717, 1.165) is 34.3 Å². The van der Waals surface area contributed by atoms with Gasteiger partial charge in [-0.3, -0.25) is 4.79 Å². The molecule has 0 saturated carbocycles. The molecule has 26 heavy (non-hydrogen) atoms. The van der Waals surface area contributed by atoms with Gasteiger partial charge in [-0.05, 0) is 49.4 Å². The maximum atomic E-state index is 13.0. The predicted molar refractivity (Wildman–Crippen MR) is 98.2 cm³/mol. The van der Waals surface area contributed by atoms with Gasteiger partial charge in [-0.25, -0.2) is 12.8 Å². The zero-order valence-corrected chi connectivity index (χ0v) is 16.3. The quantitative estimate of drug-likeness (QED) is 0.737. The lowest BCUT2D eigenvalue weighted by Crippen LogP contribution is -2.41. The van der Waals surface area contributed by atoms with Crippen molar-refractivity contribution in [1.29, 1.82) is 0 Å². The van der Waals surface area contributed by atoms with Gasteiger partial charge in [0.05, 0.1) is 17.5 Å². The van der Waals surface area contributed by atoms with Gasteiger partial charge in [0.1, 0.15) is 16.8 Å². The first kappa shape index (κ1) is 18.8. The van der Waals surface area contributed by atoms with E-state index >= 15 is 0 Å². The molecule has 5 nitrogen and oxygen atoms in total. The third-order valence-corrected chi connectivity index (χ3v) is 6.87. The van der Waals surface area contributed by atoms with E-state index in [2.05, 4.69) is 21.2 Å². The van der Waals surface area contributed by atoms with Crippen molar-refractivity contribution in [1.82, 2.24) is 5.32 Å². The van der Waals surface area contributed by atoms with Gasteiger partial charge in [-0.15, -0.1) is 0 Å². The van der Waals surface area contributed by atoms with Gasteiger partial charge in [0, 0.05) is 16.5 Å². The number of carbonyl (C=O) groups excluding carboxylic acids is 1. The Hall–Kier alpha value is -1.93. The third-order valence-electron chi connectivity index (χ3n) is 4.30. The highest BCUT2D eigenvalue weighted by Gasteiger charge is 2.32. The fourth-order valence-electron chi connectivity index (χ4n) is 2.77. The molecule has 3 rings (SSSR count). The minimum atomic E-state index is -3.91. The monoisotopic (exact) mass is 441 g/mol. The minimum Gasteiger partial charge on any atom is -0.493 e. The lowest BCUT2D eigenvalue weighted by Gasteiger charge is -2.28. The summed E-state index contributed by atoms with van der Waals surface area (Å²) in [4.78, 5) is 12.5. The average Bonchev–Trinajstić information content (AvgIpc) is 2.62. The Morgan fingerprint density at radius 2 is 1.96 bits per heavy atom. The molecule has 1 aliphatic heterocycles. The standard InChI is InChI=1S/C18H17BrFNO4S/c1-11(26(23,24)14-5-3-13(20)4-6-14)18(22)21-16-8-9-25-17-7-2-12(19)10-15(16)17/h2-7,10-11,16H,8-9H2,1H3,(H,21,22). The fourth-order valence-corrected chi connectivity index (χ4v) is 4.43. The SMILES string of the molecule is CC(C(=O)NC1CCOc2ccc(Br)cc21)S(=O)(=O)c1ccc(F)cc1. The van der Waals surface area contributed by atoms with Crippen molar-refractivity contribution in [2.75, 3.05) is 6.61 Å². The normalized spacial score (nSPS) is 17.7. The molecule has 1 N–H and O–H groups in total. The van der Waals surface area contributed by atoms with Crippen LogP contribution in [0.1, 0.15) is 24.9 Å². The summed E-state index contributed by atoms with van der Waals surface area (Å²) in [5.74, 6) is -0.476. The number of hydrogen-bond donors (Lipinski definition) is 1. The summed E-state index contributed by atoms with van der Waals surface area (Å²) in [6.45, 7) is 1.76. The fraction of sp³-hybridized carbons (Fsp3) is 0.278. The van der Waals surface area contributed by atoms with E-state index < -0.39 is 26.8 Å². The van der Waals surface area contributed by atoms with Crippen LogP contribution in [0.2, 0.25) is 0 Å². The first-order valence-electron chi connectivity index (χ1n) is 8.01. The van der Waals surface area contributed by atoms with Crippen LogP contribution in [0.5, 0.6) is 5.75 Å². The Bertz CT molecular complexity index is 931. The Morgan fingerprint density at radius 1 is 1.27 bits per heavy atom. The summed E-state index contributed by atoms with van der Waals surface area (Å²) in [5, 5.41) is 1.50. The van der Waals surface area contributed by atoms with Crippen molar-refractivity contribution in [2.45, 2.75) is 29.5 Å². The number of carbonyl (C=O) groups is 1. The van der Waals surface area contributed by atoms with Crippen molar-refractivity contribution in [3.63, 3.8) is 0 Å². The Kier molecular flexibility index (Phi) is 5.34. The second-order valence-electron chi connectivity index (χ2n) is 6.02. The van der Waals surface area contributed by atoms with Gasteiger partial charge in [0.15, 0.2) is 9.84 Å². The van der Waals surface area contributed by atoms with E-state index in [9.17, 15) is 17.6 Å². The molecular formula is C18H17BrFNO4S. The Balaban J connectivity index is 1.80. The molecule has 8 heteroatoms. The third kappa shape index (κ3) is 3.76. The number of nitrogens with one attached hydrogen (secondary N) is 1. The van der Waals surface area contributed by atoms with Gasteiger partial charge in [-0.2, -0.15) is 0 Å².